The molecule has 0 amide bonds. The van der Waals surface area contributed by atoms with Crippen LogP contribution in [-0.2, 0) is 14.6 Å². The number of nitrogens with two attached hydrogens (primary N) is 1. The third-order valence-corrected chi connectivity index (χ3v) is 4.32. The van der Waals surface area contributed by atoms with Crippen LogP contribution in [0.5, 0.6) is 0 Å². The van der Waals surface area contributed by atoms with E-state index in [0.29, 0.717) is 6.61 Å². The number of ether oxygens (including phenoxy) is 1. The topological polar surface area (TPSA) is 69.4 Å². The molecule has 14 heavy (non-hydrogen) atoms. The second-order valence-corrected chi connectivity index (χ2v) is 6.27. The Kier molecular flexibility index (Phi) is 5.63. The predicted octanol–water partition coefficient (Wildman–Crippen LogP) is 0.419. The van der Waals surface area contributed by atoms with Gasteiger partial charge in [-0.15, -0.1) is 0 Å². The van der Waals surface area contributed by atoms with Crippen molar-refractivity contribution in [2.75, 3.05) is 20.0 Å². The van der Waals surface area contributed by atoms with Gasteiger partial charge in [0.25, 0.3) is 0 Å². The fourth-order valence-electron chi connectivity index (χ4n) is 1.24. The molecule has 0 radical (unpaired) electrons. The van der Waals surface area contributed by atoms with Gasteiger partial charge in [-0.25, -0.2) is 8.42 Å². The van der Waals surface area contributed by atoms with Gasteiger partial charge in [0.15, 0.2) is 9.84 Å². The molecule has 86 valence electrons. The predicted molar refractivity (Wildman–Crippen MR) is 57.9 cm³/mol. The molecule has 0 bridgehead atoms. The number of hydrogen-bond acceptors (Lipinski definition) is 4. The second kappa shape index (κ2) is 5.68. The van der Waals surface area contributed by atoms with Crippen LogP contribution in [0.2, 0.25) is 0 Å². The standard InChI is InChI=1S/C9H21NO3S/c1-7(5-6-13-3)9(10)8(2)14(4,11)12/h7-9H,5-6,10H2,1-4H3. The Labute approximate surface area is 86.7 Å². The van der Waals surface area contributed by atoms with Gasteiger partial charge in [0, 0.05) is 26.0 Å². The molecule has 4 nitrogen and oxygen atoms in total. The van der Waals surface area contributed by atoms with Crippen molar-refractivity contribution in [1.29, 1.82) is 0 Å². The van der Waals surface area contributed by atoms with Gasteiger partial charge in [-0.3, -0.25) is 0 Å². The number of rotatable bonds is 6. The number of methoxy groups -OCH3 is 1. The fraction of sp³-hybridized carbons (Fsp3) is 1.00. The van der Waals surface area contributed by atoms with E-state index in [4.69, 9.17) is 10.5 Å². The molecule has 0 aromatic heterocycles. The quantitative estimate of drug-likeness (QED) is 0.708. The van der Waals surface area contributed by atoms with Crippen molar-refractivity contribution in [3.63, 3.8) is 0 Å². The first-order valence-corrected chi connectivity index (χ1v) is 6.69. The lowest BCUT2D eigenvalue weighted by Crippen LogP contribution is -2.43. The Morgan fingerprint density at radius 3 is 2.21 bits per heavy atom. The highest BCUT2D eigenvalue weighted by atomic mass is 32.2. The van der Waals surface area contributed by atoms with Crippen molar-refractivity contribution in [1.82, 2.24) is 0 Å². The minimum atomic E-state index is -3.04. The van der Waals surface area contributed by atoms with E-state index in [1.165, 1.54) is 6.26 Å². The summed E-state index contributed by atoms with van der Waals surface area (Å²) in [6.07, 6.45) is 2.01. The summed E-state index contributed by atoms with van der Waals surface area (Å²) >= 11 is 0. The maximum absolute atomic E-state index is 11.2. The summed E-state index contributed by atoms with van der Waals surface area (Å²) in [5.74, 6) is 0.152. The molecule has 0 heterocycles. The van der Waals surface area contributed by atoms with Crippen LogP contribution in [0.4, 0.5) is 0 Å². The Morgan fingerprint density at radius 2 is 1.86 bits per heavy atom. The molecule has 3 atom stereocenters. The molecule has 3 unspecified atom stereocenters. The van der Waals surface area contributed by atoms with Gasteiger partial charge in [-0.05, 0) is 19.3 Å². The van der Waals surface area contributed by atoms with E-state index in [1.54, 1.807) is 14.0 Å². The number of sulfone groups is 1. The molecule has 0 saturated heterocycles. The third kappa shape index (κ3) is 4.39. The molecule has 0 rings (SSSR count). The molecule has 5 heteroatoms. The Balaban J connectivity index is 4.24. The van der Waals surface area contributed by atoms with E-state index < -0.39 is 15.1 Å². The van der Waals surface area contributed by atoms with Crippen molar-refractivity contribution in [3.05, 3.63) is 0 Å². The molecule has 0 aliphatic rings. The first-order chi connectivity index (χ1) is 6.30. The first kappa shape index (κ1) is 13.9. The van der Waals surface area contributed by atoms with Crippen LogP contribution in [0.1, 0.15) is 20.3 Å². The minimum absolute atomic E-state index is 0.152. The van der Waals surface area contributed by atoms with Crippen molar-refractivity contribution in [2.45, 2.75) is 31.6 Å². The van der Waals surface area contributed by atoms with Crippen LogP contribution in [0, 0.1) is 5.92 Å². The average molecular weight is 223 g/mol. The van der Waals surface area contributed by atoms with Crippen LogP contribution < -0.4 is 5.73 Å². The van der Waals surface area contributed by atoms with E-state index in [9.17, 15) is 8.42 Å². The van der Waals surface area contributed by atoms with Crippen LogP contribution in [-0.4, -0.2) is 39.7 Å². The van der Waals surface area contributed by atoms with Gasteiger partial charge in [0.1, 0.15) is 0 Å². The van der Waals surface area contributed by atoms with Crippen molar-refractivity contribution >= 4 is 9.84 Å². The Bertz CT molecular complexity index is 251. The average Bonchev–Trinajstić information content (AvgIpc) is 2.10. The molecule has 0 aromatic rings. The Hall–Kier alpha value is -0.130. The van der Waals surface area contributed by atoms with Crippen molar-refractivity contribution in [2.24, 2.45) is 11.7 Å². The summed E-state index contributed by atoms with van der Waals surface area (Å²) in [5.41, 5.74) is 5.85. The van der Waals surface area contributed by atoms with E-state index in [1.807, 2.05) is 6.92 Å². The normalized spacial score (nSPS) is 18.9. The highest BCUT2D eigenvalue weighted by Gasteiger charge is 2.26. The van der Waals surface area contributed by atoms with Gasteiger partial charge in [-0.1, -0.05) is 6.92 Å². The Morgan fingerprint density at radius 1 is 1.36 bits per heavy atom. The van der Waals surface area contributed by atoms with Gasteiger partial charge >= 0.3 is 0 Å². The van der Waals surface area contributed by atoms with Gasteiger partial charge < -0.3 is 10.5 Å². The van der Waals surface area contributed by atoms with Crippen LogP contribution in [0.15, 0.2) is 0 Å². The largest absolute Gasteiger partial charge is 0.385 e. The molecule has 0 aromatic carbocycles. The lowest BCUT2D eigenvalue weighted by molar-refractivity contribution is 0.174. The summed E-state index contributed by atoms with van der Waals surface area (Å²) in [7, 11) is -1.41. The molecule has 0 aliphatic heterocycles. The summed E-state index contributed by atoms with van der Waals surface area (Å²) in [6.45, 7) is 4.22. The minimum Gasteiger partial charge on any atom is -0.385 e. The van der Waals surface area contributed by atoms with Gasteiger partial charge in [-0.2, -0.15) is 0 Å². The molecule has 0 spiro atoms. The lowest BCUT2D eigenvalue weighted by atomic mass is 9.97. The maximum Gasteiger partial charge on any atom is 0.151 e. The van der Waals surface area contributed by atoms with E-state index >= 15 is 0 Å². The van der Waals surface area contributed by atoms with Crippen molar-refractivity contribution in [3.8, 4) is 0 Å². The zero-order chi connectivity index (χ0) is 11.4. The third-order valence-electron chi connectivity index (χ3n) is 2.65. The van der Waals surface area contributed by atoms with E-state index in [2.05, 4.69) is 0 Å². The molecule has 0 fully saturated rings. The monoisotopic (exact) mass is 223 g/mol. The van der Waals surface area contributed by atoms with Gasteiger partial charge in [0.2, 0.25) is 0 Å². The highest BCUT2D eigenvalue weighted by molar-refractivity contribution is 7.91. The smallest absolute Gasteiger partial charge is 0.151 e. The van der Waals surface area contributed by atoms with E-state index in [-0.39, 0.29) is 12.0 Å². The SMILES string of the molecule is COCCC(C)C(N)C(C)S(C)(=O)=O. The fourth-order valence-corrected chi connectivity index (χ4v) is 2.08. The molecule has 0 saturated carbocycles. The molecule has 2 N–H and O–H groups in total. The number of hydrogen-bond donors (Lipinski definition) is 1. The molecular formula is C9H21NO3S. The second-order valence-electron chi connectivity index (χ2n) is 3.87. The summed E-state index contributed by atoms with van der Waals surface area (Å²) in [6, 6.07) is -0.319. The van der Waals surface area contributed by atoms with Crippen LogP contribution in [0.25, 0.3) is 0 Å². The van der Waals surface area contributed by atoms with Crippen LogP contribution in [0.3, 0.4) is 0 Å². The van der Waals surface area contributed by atoms with Crippen molar-refractivity contribution < 1.29 is 13.2 Å². The zero-order valence-electron chi connectivity index (χ0n) is 9.36. The lowest BCUT2D eigenvalue weighted by Gasteiger charge is -2.24. The van der Waals surface area contributed by atoms with E-state index in [0.717, 1.165) is 6.42 Å². The van der Waals surface area contributed by atoms with Gasteiger partial charge in [0.05, 0.1) is 5.25 Å². The molecular weight excluding hydrogens is 202 g/mol. The zero-order valence-corrected chi connectivity index (χ0v) is 10.2. The molecule has 0 aliphatic carbocycles. The summed E-state index contributed by atoms with van der Waals surface area (Å²) in [4.78, 5) is 0. The first-order valence-electron chi connectivity index (χ1n) is 4.74. The highest BCUT2D eigenvalue weighted by Crippen LogP contribution is 2.14. The van der Waals surface area contributed by atoms with Crippen LogP contribution >= 0.6 is 0 Å². The maximum atomic E-state index is 11.2. The summed E-state index contributed by atoms with van der Waals surface area (Å²) < 4.78 is 27.4. The summed E-state index contributed by atoms with van der Waals surface area (Å²) in [5, 5.41) is -0.491.